The molecule has 22 heavy (non-hydrogen) atoms. The van der Waals surface area contributed by atoms with Crippen molar-refractivity contribution in [2.45, 2.75) is 32.7 Å². The van der Waals surface area contributed by atoms with Gasteiger partial charge in [-0.15, -0.1) is 0 Å². The first-order valence-electron chi connectivity index (χ1n) is 7.70. The molecule has 1 aliphatic rings. The molecule has 1 aliphatic heterocycles. The Hall–Kier alpha value is -2.44. The number of rotatable bonds is 4. The van der Waals surface area contributed by atoms with Gasteiger partial charge in [0.15, 0.2) is 0 Å². The van der Waals surface area contributed by atoms with Crippen LogP contribution in [0.5, 0.6) is 0 Å². The Morgan fingerprint density at radius 2 is 2.14 bits per heavy atom. The zero-order chi connectivity index (χ0) is 15.1. The van der Waals surface area contributed by atoms with Gasteiger partial charge in [-0.1, -0.05) is 13.3 Å². The fourth-order valence-corrected chi connectivity index (χ4v) is 2.90. The summed E-state index contributed by atoms with van der Waals surface area (Å²) in [6, 6.07) is 2.56. The number of aromatic nitrogens is 6. The van der Waals surface area contributed by atoms with Crippen LogP contribution in [0.3, 0.4) is 0 Å². The Morgan fingerprint density at radius 1 is 1.27 bits per heavy atom. The highest BCUT2D eigenvalue weighted by Crippen LogP contribution is 2.28. The summed E-state index contributed by atoms with van der Waals surface area (Å²) < 4.78 is 3.88. The second kappa shape index (κ2) is 5.08. The van der Waals surface area contributed by atoms with Gasteiger partial charge in [0.2, 0.25) is 0 Å². The molecule has 0 radical (unpaired) electrons. The lowest BCUT2D eigenvalue weighted by Gasteiger charge is -2.40. The lowest BCUT2D eigenvalue weighted by Crippen LogP contribution is -2.48. The highest BCUT2D eigenvalue weighted by Gasteiger charge is 2.31. The van der Waals surface area contributed by atoms with Gasteiger partial charge in [0.1, 0.15) is 12.1 Å². The number of nitrogens with zero attached hydrogens (tertiary/aromatic N) is 7. The van der Waals surface area contributed by atoms with Crippen LogP contribution in [-0.2, 0) is 6.42 Å². The van der Waals surface area contributed by atoms with E-state index in [1.807, 2.05) is 10.7 Å². The van der Waals surface area contributed by atoms with Crippen LogP contribution in [0.2, 0.25) is 0 Å². The zero-order valence-corrected chi connectivity index (χ0v) is 12.8. The summed E-state index contributed by atoms with van der Waals surface area (Å²) in [5, 5.41) is 8.71. The molecule has 0 aliphatic carbocycles. The van der Waals surface area contributed by atoms with Crippen LogP contribution in [0.4, 0.5) is 5.82 Å². The first-order valence-corrected chi connectivity index (χ1v) is 7.70. The molecule has 1 saturated heterocycles. The molecule has 0 N–H and O–H groups in total. The van der Waals surface area contributed by atoms with Crippen molar-refractivity contribution in [1.29, 1.82) is 0 Å². The summed E-state index contributed by atoms with van der Waals surface area (Å²) in [4.78, 5) is 11.1. The minimum absolute atomic E-state index is 0.426. The molecule has 7 heteroatoms. The quantitative estimate of drug-likeness (QED) is 0.732. The summed E-state index contributed by atoms with van der Waals surface area (Å²) in [7, 11) is 0. The molecule has 3 aromatic heterocycles. The second-order valence-electron chi connectivity index (χ2n) is 5.88. The lowest BCUT2D eigenvalue weighted by molar-refractivity contribution is 0.364. The molecular formula is C15H19N7. The largest absolute Gasteiger partial charge is 0.352 e. The predicted octanol–water partition coefficient (Wildman–Crippen LogP) is 1.64. The molecular weight excluding hydrogens is 278 g/mol. The third-order valence-corrected chi connectivity index (χ3v) is 4.08. The van der Waals surface area contributed by atoms with E-state index in [9.17, 15) is 0 Å². The number of aryl methyl sites for hydroxylation is 2. The first-order chi connectivity index (χ1) is 10.7. The molecule has 7 nitrogen and oxygen atoms in total. The van der Waals surface area contributed by atoms with Gasteiger partial charge >= 0.3 is 0 Å². The topological polar surface area (TPSA) is 64.1 Å². The van der Waals surface area contributed by atoms with Crippen molar-refractivity contribution in [1.82, 2.24) is 29.4 Å². The van der Waals surface area contributed by atoms with Crippen LogP contribution in [0.25, 0.3) is 5.78 Å². The third kappa shape index (κ3) is 2.13. The summed E-state index contributed by atoms with van der Waals surface area (Å²) in [6.45, 7) is 6.10. The van der Waals surface area contributed by atoms with Crippen molar-refractivity contribution in [3.63, 3.8) is 0 Å². The maximum absolute atomic E-state index is 4.55. The van der Waals surface area contributed by atoms with Crippen LogP contribution in [0.1, 0.15) is 30.6 Å². The molecule has 4 rings (SSSR count). The van der Waals surface area contributed by atoms with Gasteiger partial charge in [-0.3, -0.25) is 4.68 Å². The van der Waals surface area contributed by atoms with Crippen LogP contribution in [0, 0.1) is 6.92 Å². The van der Waals surface area contributed by atoms with Gasteiger partial charge < -0.3 is 4.90 Å². The molecule has 4 heterocycles. The number of hydrogen-bond acceptors (Lipinski definition) is 5. The first kappa shape index (κ1) is 13.2. The normalized spacial score (nSPS) is 15.5. The van der Waals surface area contributed by atoms with Crippen LogP contribution in [-0.4, -0.2) is 42.5 Å². The Morgan fingerprint density at radius 3 is 2.86 bits per heavy atom. The number of anilines is 1. The highest BCUT2D eigenvalue weighted by atomic mass is 15.4. The average Bonchev–Trinajstić information content (AvgIpc) is 3.06. The van der Waals surface area contributed by atoms with Gasteiger partial charge in [0.25, 0.3) is 5.78 Å². The molecule has 0 bridgehead atoms. The van der Waals surface area contributed by atoms with Crippen LogP contribution < -0.4 is 4.90 Å². The minimum Gasteiger partial charge on any atom is -0.352 e. The molecule has 0 aromatic carbocycles. The zero-order valence-electron chi connectivity index (χ0n) is 12.8. The van der Waals surface area contributed by atoms with Gasteiger partial charge in [-0.05, 0) is 18.9 Å². The lowest BCUT2D eigenvalue weighted by atomic mass is 10.1. The molecule has 114 valence electrons. The maximum Gasteiger partial charge on any atom is 0.254 e. The molecule has 0 atom stereocenters. The van der Waals surface area contributed by atoms with Gasteiger partial charge in [0, 0.05) is 31.0 Å². The molecule has 0 unspecified atom stereocenters. The minimum atomic E-state index is 0.426. The van der Waals surface area contributed by atoms with Crippen molar-refractivity contribution >= 4 is 11.6 Å². The van der Waals surface area contributed by atoms with E-state index in [4.69, 9.17) is 0 Å². The molecule has 3 aromatic rings. The number of fused-ring (bicyclic) bond motifs is 1. The average molecular weight is 297 g/mol. The Balaban J connectivity index is 1.60. The van der Waals surface area contributed by atoms with Crippen molar-refractivity contribution in [2.24, 2.45) is 0 Å². The fourth-order valence-electron chi connectivity index (χ4n) is 2.90. The van der Waals surface area contributed by atoms with Crippen molar-refractivity contribution in [2.75, 3.05) is 18.0 Å². The van der Waals surface area contributed by atoms with E-state index in [-0.39, 0.29) is 0 Å². The maximum atomic E-state index is 4.55. The molecule has 0 spiro atoms. The van der Waals surface area contributed by atoms with E-state index in [1.54, 1.807) is 6.33 Å². The second-order valence-corrected chi connectivity index (χ2v) is 5.88. The van der Waals surface area contributed by atoms with E-state index < -0.39 is 0 Å². The van der Waals surface area contributed by atoms with E-state index in [0.29, 0.717) is 11.8 Å². The Bertz CT molecular complexity index is 797. The summed E-state index contributed by atoms with van der Waals surface area (Å²) in [5.41, 5.74) is 2.28. The standard InChI is InChI=1S/C15H19N7/c1-3-4-12-5-14(22-15(19-12)16-10-18-22)20-8-13(9-20)21-7-11(2)6-17-21/h5-7,10,13H,3-4,8-9H2,1-2H3. The van der Waals surface area contributed by atoms with Crippen molar-refractivity contribution in [3.05, 3.63) is 36.0 Å². The van der Waals surface area contributed by atoms with E-state index in [0.717, 1.165) is 37.4 Å². The van der Waals surface area contributed by atoms with E-state index in [1.165, 1.54) is 5.56 Å². The summed E-state index contributed by atoms with van der Waals surface area (Å²) >= 11 is 0. The molecule has 1 fully saturated rings. The molecule has 0 saturated carbocycles. The number of hydrogen-bond donors (Lipinski definition) is 0. The summed E-state index contributed by atoms with van der Waals surface area (Å²) in [6.07, 6.45) is 7.61. The van der Waals surface area contributed by atoms with Gasteiger partial charge in [-0.25, -0.2) is 4.98 Å². The van der Waals surface area contributed by atoms with Crippen LogP contribution >= 0.6 is 0 Å². The van der Waals surface area contributed by atoms with Gasteiger partial charge in [0.05, 0.1) is 12.2 Å². The van der Waals surface area contributed by atoms with Crippen molar-refractivity contribution < 1.29 is 0 Å². The summed E-state index contributed by atoms with van der Waals surface area (Å²) in [5.74, 6) is 1.76. The van der Waals surface area contributed by atoms with Crippen molar-refractivity contribution in [3.8, 4) is 0 Å². The monoisotopic (exact) mass is 297 g/mol. The highest BCUT2D eigenvalue weighted by molar-refractivity contribution is 5.49. The Labute approximate surface area is 128 Å². The van der Waals surface area contributed by atoms with E-state index >= 15 is 0 Å². The van der Waals surface area contributed by atoms with Crippen LogP contribution in [0.15, 0.2) is 24.8 Å². The predicted molar refractivity (Wildman–Crippen MR) is 83.0 cm³/mol. The SMILES string of the molecule is CCCc1cc(N2CC(n3cc(C)cn3)C2)n2ncnc2n1. The van der Waals surface area contributed by atoms with E-state index in [2.05, 4.69) is 55.9 Å². The third-order valence-electron chi connectivity index (χ3n) is 4.08. The van der Waals surface area contributed by atoms with Gasteiger partial charge in [-0.2, -0.15) is 19.7 Å². The Kier molecular flexibility index (Phi) is 3.06. The fraction of sp³-hybridized carbons (Fsp3) is 0.467. The smallest absolute Gasteiger partial charge is 0.254 e. The molecule has 0 amide bonds.